The van der Waals surface area contributed by atoms with Crippen molar-refractivity contribution in [3.63, 3.8) is 0 Å². The zero-order valence-corrected chi connectivity index (χ0v) is 15.5. The Morgan fingerprint density at radius 1 is 1.09 bits per heavy atom. The van der Waals surface area contributed by atoms with Gasteiger partial charge < -0.3 is 32.1 Å². The molecule has 0 atom stereocenters. The van der Waals surface area contributed by atoms with Gasteiger partial charge in [0.1, 0.15) is 0 Å². The molecule has 0 aliphatic carbocycles. The Morgan fingerprint density at radius 2 is 1.65 bits per heavy atom. The van der Waals surface area contributed by atoms with Crippen LogP contribution in [0.2, 0.25) is 5.02 Å². The Bertz CT molecular complexity index is 444. The van der Waals surface area contributed by atoms with Gasteiger partial charge in [-0.3, -0.25) is 5.32 Å². The second kappa shape index (κ2) is 26.5. The van der Waals surface area contributed by atoms with Gasteiger partial charge in [0.05, 0.1) is 5.88 Å². The van der Waals surface area contributed by atoms with E-state index in [0.29, 0.717) is 10.7 Å². The number of ether oxygens (including phenoxy) is 1. The van der Waals surface area contributed by atoms with Crippen LogP contribution in [0.3, 0.4) is 0 Å². The second-order valence-corrected chi connectivity index (χ2v) is 3.40. The standard InChI is InChI=1S/C11H9Cl2NO2.5O.2V/c12-6-1-2-7-16-11(15)14-10-5-3-4-9(13)8-10;;;;;;;/h3-5,8H,6-7H2,(H,14,15);;;;;;;/q;5*-2;2*+5. The van der Waals surface area contributed by atoms with Gasteiger partial charge >= 0.3 is 43.2 Å². The molecule has 0 radical (unpaired) electrons. The third kappa shape index (κ3) is 21.6. The SMILES string of the molecule is O=C(Nc1cccc(Cl)c1)OCC#CCCl.[O-2].[O-2].[O-2].[O-2].[O-2].[V+5].[V+5]. The smallest absolute Gasteiger partial charge is 2.00 e. The summed E-state index contributed by atoms with van der Waals surface area (Å²) in [7, 11) is 0. The zero-order chi connectivity index (χ0) is 11.8. The van der Waals surface area contributed by atoms with Gasteiger partial charge in [0.2, 0.25) is 0 Å². The third-order valence-electron chi connectivity index (χ3n) is 1.54. The number of hydrogen-bond donors (Lipinski definition) is 1. The van der Waals surface area contributed by atoms with Crippen LogP contribution in [0.5, 0.6) is 0 Å². The van der Waals surface area contributed by atoms with Gasteiger partial charge in [-0.15, -0.1) is 11.6 Å². The summed E-state index contributed by atoms with van der Waals surface area (Å²) in [5.74, 6) is 5.36. The molecule has 0 saturated heterocycles. The van der Waals surface area contributed by atoms with Crippen molar-refractivity contribution in [3.8, 4) is 11.8 Å². The summed E-state index contributed by atoms with van der Waals surface area (Å²) in [5, 5.41) is 3.05. The first-order valence-electron chi connectivity index (χ1n) is 4.43. The molecule has 1 amide bonds. The number of alkyl halides is 1. The van der Waals surface area contributed by atoms with E-state index in [0.717, 1.165) is 0 Å². The quantitative estimate of drug-likeness (QED) is 0.549. The first-order chi connectivity index (χ1) is 7.72. The number of halogens is 2. The van der Waals surface area contributed by atoms with Gasteiger partial charge in [0.15, 0.2) is 6.61 Å². The summed E-state index contributed by atoms with van der Waals surface area (Å²) in [6.07, 6.45) is -0.578. The van der Waals surface area contributed by atoms with Crippen molar-refractivity contribution < 1.29 is 74.0 Å². The molecule has 23 heavy (non-hydrogen) atoms. The summed E-state index contributed by atoms with van der Waals surface area (Å²) >= 11 is 11.1. The summed E-state index contributed by atoms with van der Waals surface area (Å²) in [6.45, 7) is 0.0130. The number of anilines is 1. The molecule has 0 saturated carbocycles. The number of carbonyl (C=O) groups is 1. The maximum Gasteiger partial charge on any atom is 5.00 e. The van der Waals surface area contributed by atoms with E-state index in [1.165, 1.54) is 0 Å². The van der Waals surface area contributed by atoms with Crippen molar-refractivity contribution in [1.82, 2.24) is 0 Å². The van der Waals surface area contributed by atoms with Crippen LogP contribution in [0.25, 0.3) is 0 Å². The van der Waals surface area contributed by atoms with Gasteiger partial charge in [-0.05, 0) is 18.2 Å². The molecule has 0 aromatic heterocycles. The maximum absolute atomic E-state index is 11.2. The molecule has 1 rings (SSSR count). The van der Waals surface area contributed by atoms with Crippen molar-refractivity contribution in [2.75, 3.05) is 17.8 Å². The number of carbonyl (C=O) groups excluding carboxylic acids is 1. The molecule has 0 aliphatic rings. The normalized spacial score (nSPS) is 6.17. The van der Waals surface area contributed by atoms with Crippen LogP contribution in [-0.2, 0) is 69.2 Å². The van der Waals surface area contributed by atoms with Gasteiger partial charge in [0, 0.05) is 10.7 Å². The van der Waals surface area contributed by atoms with Crippen LogP contribution in [0.15, 0.2) is 24.3 Å². The first kappa shape index (κ1) is 43.3. The Balaban J connectivity index is -0.0000000731. The average Bonchev–Trinajstić information content (AvgIpc) is 2.24. The van der Waals surface area contributed by atoms with Crippen LogP contribution in [-0.4, -0.2) is 18.6 Å². The minimum Gasteiger partial charge on any atom is -2.00 e. The molecule has 8 nitrogen and oxygen atoms in total. The molecule has 0 bridgehead atoms. The Kier molecular flexibility index (Phi) is 49.9. The van der Waals surface area contributed by atoms with Crippen molar-refractivity contribution in [3.05, 3.63) is 29.3 Å². The number of amides is 1. The molecule has 12 heteroatoms. The van der Waals surface area contributed by atoms with Crippen molar-refractivity contribution in [2.24, 2.45) is 0 Å². The van der Waals surface area contributed by atoms with E-state index >= 15 is 0 Å². The van der Waals surface area contributed by atoms with Crippen molar-refractivity contribution in [2.45, 2.75) is 0 Å². The Labute approximate surface area is 167 Å². The van der Waals surface area contributed by atoms with E-state index in [2.05, 4.69) is 17.2 Å². The summed E-state index contributed by atoms with van der Waals surface area (Å²) < 4.78 is 4.76. The molecule has 0 spiro atoms. The van der Waals surface area contributed by atoms with Crippen LogP contribution in [0, 0.1) is 11.8 Å². The third-order valence-corrected chi connectivity index (χ3v) is 1.91. The van der Waals surface area contributed by atoms with Gasteiger partial charge in [-0.2, -0.15) is 0 Å². The molecule has 1 aromatic carbocycles. The molecule has 124 valence electrons. The van der Waals surface area contributed by atoms with Crippen LogP contribution < -0.4 is 5.32 Å². The molecule has 0 heterocycles. The van der Waals surface area contributed by atoms with Gasteiger partial charge in [-0.1, -0.05) is 29.5 Å². The molecule has 0 unspecified atom stereocenters. The topological polar surface area (TPSA) is 181 Å². The summed E-state index contributed by atoms with van der Waals surface area (Å²) in [5.41, 5.74) is 0.572. The van der Waals surface area contributed by atoms with E-state index in [4.69, 9.17) is 27.9 Å². The number of benzene rings is 1. The second-order valence-electron chi connectivity index (χ2n) is 2.70. The largest absolute Gasteiger partial charge is 5.00 e. The average molecular weight is 440 g/mol. The van der Waals surface area contributed by atoms with E-state index < -0.39 is 6.09 Å². The van der Waals surface area contributed by atoms with E-state index in [1.807, 2.05) is 0 Å². The molecular formula is C11H9Cl2NO7V2. The van der Waals surface area contributed by atoms with Crippen molar-refractivity contribution in [1.29, 1.82) is 0 Å². The summed E-state index contributed by atoms with van der Waals surface area (Å²) in [6, 6.07) is 6.76. The molecule has 0 aliphatic heterocycles. The van der Waals surface area contributed by atoms with Crippen LogP contribution in [0.1, 0.15) is 0 Å². The maximum atomic E-state index is 11.2. The Morgan fingerprint density at radius 3 is 2.13 bits per heavy atom. The first-order valence-corrected chi connectivity index (χ1v) is 5.34. The molecular weight excluding hydrogens is 431 g/mol. The van der Waals surface area contributed by atoms with Gasteiger partial charge in [0.25, 0.3) is 0 Å². The number of hydrogen-bond acceptors (Lipinski definition) is 2. The van der Waals surface area contributed by atoms with E-state index in [-0.39, 0.29) is 77.0 Å². The molecule has 1 N–H and O–H groups in total. The van der Waals surface area contributed by atoms with Crippen LogP contribution in [0.4, 0.5) is 10.5 Å². The predicted molar refractivity (Wildman–Crippen MR) is 68.4 cm³/mol. The predicted octanol–water partition coefficient (Wildman–Crippen LogP) is 2.53. The van der Waals surface area contributed by atoms with E-state index in [9.17, 15) is 4.79 Å². The Hall–Kier alpha value is -0.401. The minimum atomic E-state index is -0.578. The fourth-order valence-corrected chi connectivity index (χ4v) is 1.20. The van der Waals surface area contributed by atoms with E-state index in [1.54, 1.807) is 24.3 Å². The summed E-state index contributed by atoms with van der Waals surface area (Å²) in [4.78, 5) is 11.2. The van der Waals surface area contributed by atoms with Gasteiger partial charge in [-0.25, -0.2) is 4.79 Å². The number of rotatable bonds is 2. The van der Waals surface area contributed by atoms with Crippen LogP contribution >= 0.6 is 23.2 Å². The molecule has 0 fully saturated rings. The van der Waals surface area contributed by atoms with Crippen molar-refractivity contribution >= 4 is 35.0 Å². The zero-order valence-electron chi connectivity index (χ0n) is 11.2. The number of nitrogens with one attached hydrogen (secondary N) is 1. The minimum absolute atomic E-state index is 0. The fraction of sp³-hybridized carbons (Fsp3) is 0.182. The molecule has 1 aromatic rings. The monoisotopic (exact) mass is 439 g/mol. The fourth-order valence-electron chi connectivity index (χ4n) is 0.920.